The number of nitrogen functional groups attached to an aromatic ring is 1. The molecule has 0 aliphatic rings. The van der Waals surface area contributed by atoms with E-state index in [1.807, 2.05) is 31.2 Å². The average molecular weight is 546 g/mol. The first-order valence-corrected chi connectivity index (χ1v) is 13.9. The van der Waals surface area contributed by atoms with E-state index in [0.717, 1.165) is 23.4 Å². The van der Waals surface area contributed by atoms with Crippen LogP contribution in [0.4, 0.5) is 5.69 Å². The molecule has 39 heavy (non-hydrogen) atoms. The van der Waals surface area contributed by atoms with Crippen LogP contribution in [-0.4, -0.2) is 39.0 Å². The topological polar surface area (TPSA) is 149 Å². The van der Waals surface area contributed by atoms with Crippen LogP contribution in [0.1, 0.15) is 39.6 Å². The van der Waals surface area contributed by atoms with Gasteiger partial charge >= 0.3 is 16.1 Å². The molecule has 0 heterocycles. The van der Waals surface area contributed by atoms with Crippen molar-refractivity contribution in [3.05, 3.63) is 95.6 Å². The van der Waals surface area contributed by atoms with Crippen LogP contribution < -0.4 is 15.8 Å². The van der Waals surface area contributed by atoms with E-state index in [1.165, 1.54) is 6.07 Å². The number of ether oxygens (including phenoxy) is 1. The third-order valence-electron chi connectivity index (χ3n) is 5.79. The Morgan fingerprint density at radius 3 is 2.18 bits per heavy atom. The Bertz CT molecular complexity index is 1680. The van der Waals surface area contributed by atoms with Gasteiger partial charge < -0.3 is 20.0 Å². The zero-order valence-electron chi connectivity index (χ0n) is 21.4. The maximum absolute atomic E-state index is 13.6. The highest BCUT2D eigenvalue weighted by atomic mass is 32.2. The van der Waals surface area contributed by atoms with Crippen molar-refractivity contribution < 1.29 is 26.9 Å². The molecule has 4 aromatic rings. The number of carbonyl (C=O) groups is 2. The summed E-state index contributed by atoms with van der Waals surface area (Å²) in [5.74, 6) is -1.28. The zero-order chi connectivity index (χ0) is 28.2. The molecule has 0 saturated carbocycles. The van der Waals surface area contributed by atoms with E-state index in [-0.39, 0.29) is 17.0 Å². The first-order chi connectivity index (χ1) is 18.6. The van der Waals surface area contributed by atoms with Gasteiger partial charge in [0.1, 0.15) is 11.6 Å². The minimum absolute atomic E-state index is 0.0656. The van der Waals surface area contributed by atoms with Crippen molar-refractivity contribution in [1.82, 2.24) is 0 Å². The highest BCUT2D eigenvalue weighted by molar-refractivity contribution is 7.86. The molecule has 0 aromatic heterocycles. The normalized spacial score (nSPS) is 11.1. The second-order valence-corrected chi connectivity index (χ2v) is 10.4. The lowest BCUT2D eigenvalue weighted by atomic mass is 9.92. The van der Waals surface area contributed by atoms with Gasteiger partial charge in [0.2, 0.25) is 0 Å². The van der Waals surface area contributed by atoms with Crippen LogP contribution in [0.25, 0.3) is 21.9 Å². The summed E-state index contributed by atoms with van der Waals surface area (Å²) >= 11 is 0. The Hall–Kier alpha value is -4.70. The fourth-order valence-electron chi connectivity index (χ4n) is 4.00. The van der Waals surface area contributed by atoms with Crippen LogP contribution >= 0.6 is 0 Å². The van der Waals surface area contributed by atoms with Crippen LogP contribution in [0.2, 0.25) is 0 Å². The number of amides is 1. The number of fused-ring (bicyclic) bond motifs is 1. The van der Waals surface area contributed by atoms with Crippen molar-refractivity contribution in [1.29, 1.82) is 5.41 Å². The van der Waals surface area contributed by atoms with E-state index < -0.39 is 22.0 Å². The van der Waals surface area contributed by atoms with Gasteiger partial charge in [-0.05, 0) is 82.9 Å². The molecular formula is C29H27N3O6S. The Morgan fingerprint density at radius 2 is 1.56 bits per heavy atom. The first kappa shape index (κ1) is 27.3. The van der Waals surface area contributed by atoms with Gasteiger partial charge in [-0.15, -0.1) is 0 Å². The quantitative estimate of drug-likeness (QED) is 0.153. The molecule has 0 aliphatic heterocycles. The van der Waals surface area contributed by atoms with Crippen molar-refractivity contribution in [2.45, 2.75) is 13.3 Å². The number of hydrogen-bond donors (Lipinski definition) is 3. The molecule has 4 rings (SSSR count). The van der Waals surface area contributed by atoms with Crippen LogP contribution in [0.15, 0.2) is 78.9 Å². The van der Waals surface area contributed by atoms with Gasteiger partial charge in [-0.3, -0.25) is 10.2 Å². The van der Waals surface area contributed by atoms with Gasteiger partial charge in [-0.1, -0.05) is 31.2 Å². The van der Waals surface area contributed by atoms with Gasteiger partial charge in [0.15, 0.2) is 0 Å². The number of amidine groups is 1. The molecule has 4 N–H and O–H groups in total. The minimum atomic E-state index is -4.11. The number of nitrogens with one attached hydrogen (secondary N) is 2. The van der Waals surface area contributed by atoms with Crippen LogP contribution in [0.3, 0.4) is 0 Å². The molecule has 1 amide bonds. The van der Waals surface area contributed by atoms with Crippen molar-refractivity contribution in [3.8, 4) is 16.9 Å². The standard InChI is InChI=1S/C29H27N3O6S/c1-3-14-37-22-12-13-23(26(17-22)29(34)38-39(2,35)36)24-15-19-6-4-5-7-20(19)16-25(24)28(33)32-21-10-8-18(9-11-21)27(30)31/h4-13,15-17H,3,14H2,1-2H3,(H3,30,31)(H,32,33). The van der Waals surface area contributed by atoms with Crippen LogP contribution in [0, 0.1) is 5.41 Å². The zero-order valence-corrected chi connectivity index (χ0v) is 22.2. The van der Waals surface area contributed by atoms with Gasteiger partial charge in [0, 0.05) is 16.8 Å². The third-order valence-corrected chi connectivity index (χ3v) is 6.24. The predicted octanol–water partition coefficient (Wildman–Crippen LogP) is 4.95. The summed E-state index contributed by atoms with van der Waals surface area (Å²) in [6, 6.07) is 22.1. The summed E-state index contributed by atoms with van der Waals surface area (Å²) in [6.07, 6.45) is 1.52. The second kappa shape index (κ2) is 11.4. The maximum Gasteiger partial charge on any atom is 0.354 e. The number of hydrogen-bond acceptors (Lipinski definition) is 7. The molecule has 0 unspecified atom stereocenters. The van der Waals surface area contributed by atoms with E-state index in [1.54, 1.807) is 48.5 Å². The molecular weight excluding hydrogens is 518 g/mol. The Labute approximate surface area is 226 Å². The van der Waals surface area contributed by atoms with Gasteiger partial charge in [0.05, 0.1) is 18.4 Å². The molecule has 0 saturated heterocycles. The van der Waals surface area contributed by atoms with E-state index >= 15 is 0 Å². The fraction of sp³-hybridized carbons (Fsp3) is 0.138. The SMILES string of the molecule is CCCOc1ccc(-c2cc3ccccc3cc2C(=O)Nc2ccc(C(=N)N)cc2)c(C(=O)OS(C)(=O)=O)c1. The van der Waals surface area contributed by atoms with E-state index in [9.17, 15) is 18.0 Å². The molecule has 0 radical (unpaired) electrons. The number of rotatable bonds is 9. The van der Waals surface area contributed by atoms with Crippen LogP contribution in [0.5, 0.6) is 5.75 Å². The monoisotopic (exact) mass is 545 g/mol. The Kier molecular flexibility index (Phi) is 7.96. The first-order valence-electron chi connectivity index (χ1n) is 12.1. The van der Waals surface area contributed by atoms with Crippen molar-refractivity contribution in [2.75, 3.05) is 18.2 Å². The third kappa shape index (κ3) is 6.60. The number of benzene rings is 4. The molecule has 0 spiro atoms. The largest absolute Gasteiger partial charge is 0.494 e. The predicted molar refractivity (Wildman–Crippen MR) is 151 cm³/mol. The number of carbonyl (C=O) groups excluding carboxylic acids is 2. The molecule has 9 nitrogen and oxygen atoms in total. The summed E-state index contributed by atoms with van der Waals surface area (Å²) < 4.78 is 33.9. The molecule has 0 atom stereocenters. The summed E-state index contributed by atoms with van der Waals surface area (Å²) in [4.78, 5) is 26.6. The molecule has 0 fully saturated rings. The Balaban J connectivity index is 1.86. The van der Waals surface area contributed by atoms with Gasteiger partial charge in [0.25, 0.3) is 5.91 Å². The van der Waals surface area contributed by atoms with E-state index in [0.29, 0.717) is 34.7 Å². The lowest BCUT2D eigenvalue weighted by Gasteiger charge is -2.16. The maximum atomic E-state index is 13.6. The number of nitrogens with two attached hydrogens (primary N) is 1. The molecule has 4 aromatic carbocycles. The summed E-state index contributed by atoms with van der Waals surface area (Å²) in [5.41, 5.74) is 7.39. The molecule has 10 heteroatoms. The Morgan fingerprint density at radius 1 is 0.897 bits per heavy atom. The summed E-state index contributed by atoms with van der Waals surface area (Å²) in [7, 11) is -4.11. The summed E-state index contributed by atoms with van der Waals surface area (Å²) in [5, 5.41) is 12.0. The molecule has 0 bridgehead atoms. The fourth-order valence-corrected chi connectivity index (χ4v) is 4.37. The van der Waals surface area contributed by atoms with Crippen molar-refractivity contribution >= 4 is 44.3 Å². The second-order valence-electron chi connectivity index (χ2n) is 8.82. The average Bonchev–Trinajstić information content (AvgIpc) is 2.90. The van der Waals surface area contributed by atoms with Gasteiger partial charge in [-0.2, -0.15) is 8.42 Å². The van der Waals surface area contributed by atoms with Crippen molar-refractivity contribution in [2.24, 2.45) is 5.73 Å². The highest BCUT2D eigenvalue weighted by Gasteiger charge is 2.23. The minimum Gasteiger partial charge on any atom is -0.494 e. The van der Waals surface area contributed by atoms with Crippen molar-refractivity contribution in [3.63, 3.8) is 0 Å². The smallest absolute Gasteiger partial charge is 0.354 e. The van der Waals surface area contributed by atoms with Gasteiger partial charge in [-0.25, -0.2) is 4.79 Å². The highest BCUT2D eigenvalue weighted by Crippen LogP contribution is 2.34. The van der Waals surface area contributed by atoms with Crippen LogP contribution in [-0.2, 0) is 14.3 Å². The van der Waals surface area contributed by atoms with E-state index in [4.69, 9.17) is 20.1 Å². The lowest BCUT2D eigenvalue weighted by Crippen LogP contribution is -2.16. The molecule has 0 aliphatic carbocycles. The molecule has 200 valence electrons. The van der Waals surface area contributed by atoms with E-state index in [2.05, 4.69) is 5.32 Å². The summed E-state index contributed by atoms with van der Waals surface area (Å²) in [6.45, 7) is 2.33. The lowest BCUT2D eigenvalue weighted by molar-refractivity contribution is 0.0748. The number of anilines is 1.